The Kier molecular flexibility index (Phi) is 1.66. The number of rotatable bonds is 0. The summed E-state index contributed by atoms with van der Waals surface area (Å²) in [5.41, 5.74) is 0. The molecule has 1 unspecified atom stereocenters. The molecule has 0 saturated heterocycles. The molecule has 0 aliphatic carbocycles. The first-order chi connectivity index (χ1) is 4.22. The number of halogens is 1. The van der Waals surface area contributed by atoms with Crippen molar-refractivity contribution in [1.29, 1.82) is 0 Å². The van der Waals surface area contributed by atoms with E-state index in [0.717, 1.165) is 0 Å². The number of hydrogen-bond acceptors (Lipinski definition) is 2. The number of allylic oxidation sites excluding steroid dienone is 1. The summed E-state index contributed by atoms with van der Waals surface area (Å²) in [4.78, 5) is 20.5. The molecule has 1 aliphatic heterocycles. The predicted octanol–water partition coefficient (Wildman–Crippen LogP) is -0.0375. The molecule has 0 aromatic heterocycles. The smallest absolute Gasteiger partial charge is 0.245 e. The largest absolute Gasteiger partial charge is 0.331 e. The summed E-state index contributed by atoms with van der Waals surface area (Å²) in [5.74, 6) is -0.513. The number of amides is 1. The Morgan fingerprint density at radius 1 is 1.56 bits per heavy atom. The summed E-state index contributed by atoms with van der Waals surface area (Å²) in [7, 11) is 0. The van der Waals surface area contributed by atoms with Gasteiger partial charge in [-0.3, -0.25) is 9.59 Å². The molecular weight excluding hydrogens is 186 g/mol. The summed E-state index contributed by atoms with van der Waals surface area (Å²) in [6, 6.07) is 0. The summed E-state index contributed by atoms with van der Waals surface area (Å²) in [5, 5.41) is 2.37. The van der Waals surface area contributed by atoms with Crippen molar-refractivity contribution in [1.82, 2.24) is 5.32 Å². The van der Waals surface area contributed by atoms with E-state index in [-0.39, 0.29) is 11.7 Å². The van der Waals surface area contributed by atoms with Crippen molar-refractivity contribution in [2.75, 3.05) is 0 Å². The van der Waals surface area contributed by atoms with E-state index < -0.39 is 4.83 Å². The third-order valence-electron chi connectivity index (χ3n) is 0.953. The predicted molar refractivity (Wildman–Crippen MR) is 35.0 cm³/mol. The second-order valence-corrected chi connectivity index (χ2v) is 2.52. The van der Waals surface area contributed by atoms with Crippen molar-refractivity contribution in [2.45, 2.75) is 4.83 Å². The van der Waals surface area contributed by atoms with Crippen molar-refractivity contribution < 1.29 is 9.59 Å². The maximum atomic E-state index is 10.6. The van der Waals surface area contributed by atoms with Gasteiger partial charge in [0.25, 0.3) is 0 Å². The number of ketones is 1. The third-order valence-corrected chi connectivity index (χ3v) is 1.82. The Labute approximate surface area is 60.2 Å². The van der Waals surface area contributed by atoms with Crippen LogP contribution in [-0.2, 0) is 9.59 Å². The van der Waals surface area contributed by atoms with Crippen molar-refractivity contribution in [3.05, 3.63) is 12.3 Å². The lowest BCUT2D eigenvalue weighted by atomic mass is 10.2. The lowest BCUT2D eigenvalue weighted by molar-refractivity contribution is -0.125. The standard InChI is InChI=1S/C5H4BrNO2/c6-4-3(8)1-2-7-5(4)9/h1-2,4H,(H,7,9). The van der Waals surface area contributed by atoms with Gasteiger partial charge < -0.3 is 5.32 Å². The highest BCUT2D eigenvalue weighted by molar-refractivity contribution is 9.10. The molecule has 1 rings (SSSR count). The van der Waals surface area contributed by atoms with Crippen molar-refractivity contribution in [2.24, 2.45) is 0 Å². The highest BCUT2D eigenvalue weighted by Gasteiger charge is 2.22. The fourth-order valence-corrected chi connectivity index (χ4v) is 0.778. The Balaban J connectivity index is 2.81. The SMILES string of the molecule is O=C1C=CNC(=O)C1Br. The molecule has 0 aromatic carbocycles. The number of carbonyl (C=O) groups excluding carboxylic acids is 2. The maximum Gasteiger partial charge on any atom is 0.245 e. The molecule has 0 fully saturated rings. The van der Waals surface area contributed by atoms with Crippen LogP contribution in [0.3, 0.4) is 0 Å². The summed E-state index contributed by atoms with van der Waals surface area (Å²) in [6.45, 7) is 0. The van der Waals surface area contributed by atoms with Gasteiger partial charge in [-0.15, -0.1) is 0 Å². The van der Waals surface area contributed by atoms with Crippen LogP contribution in [0.5, 0.6) is 0 Å². The quantitative estimate of drug-likeness (QED) is 0.430. The minimum atomic E-state index is -0.692. The molecule has 0 radical (unpaired) electrons. The average Bonchev–Trinajstić information content (AvgIpc) is 1.83. The zero-order chi connectivity index (χ0) is 6.85. The zero-order valence-corrected chi connectivity index (χ0v) is 6.01. The molecule has 0 saturated carbocycles. The third kappa shape index (κ3) is 1.18. The lowest BCUT2D eigenvalue weighted by Crippen LogP contribution is -2.35. The average molecular weight is 190 g/mol. The molecule has 3 nitrogen and oxygen atoms in total. The van der Waals surface area contributed by atoms with E-state index in [2.05, 4.69) is 21.2 Å². The van der Waals surface area contributed by atoms with Crippen LogP contribution in [0.2, 0.25) is 0 Å². The molecule has 0 bridgehead atoms. The molecule has 1 amide bonds. The maximum absolute atomic E-state index is 10.6. The van der Waals surface area contributed by atoms with Crippen LogP contribution in [0, 0.1) is 0 Å². The zero-order valence-electron chi connectivity index (χ0n) is 4.43. The Bertz CT molecular complexity index is 187. The molecule has 0 spiro atoms. The molecule has 4 heteroatoms. The van der Waals surface area contributed by atoms with Crippen molar-refractivity contribution >= 4 is 27.6 Å². The highest BCUT2D eigenvalue weighted by atomic mass is 79.9. The van der Waals surface area contributed by atoms with Gasteiger partial charge in [-0.05, 0) is 6.08 Å². The van der Waals surface area contributed by atoms with Crippen LogP contribution in [0.1, 0.15) is 0 Å². The number of carbonyl (C=O) groups is 2. The molecule has 9 heavy (non-hydrogen) atoms. The normalized spacial score (nSPS) is 26.1. The van der Waals surface area contributed by atoms with E-state index in [0.29, 0.717) is 0 Å². The van der Waals surface area contributed by atoms with Gasteiger partial charge >= 0.3 is 0 Å². The van der Waals surface area contributed by atoms with Gasteiger partial charge in [0, 0.05) is 6.20 Å². The van der Waals surface area contributed by atoms with Gasteiger partial charge in [-0.2, -0.15) is 0 Å². The van der Waals surface area contributed by atoms with E-state index in [1.807, 2.05) is 0 Å². The Morgan fingerprint density at radius 3 is 2.67 bits per heavy atom. The fourth-order valence-electron chi connectivity index (χ4n) is 0.493. The fraction of sp³-hybridized carbons (Fsp3) is 0.200. The van der Waals surface area contributed by atoms with Gasteiger partial charge in [0.15, 0.2) is 10.6 Å². The minimum Gasteiger partial charge on any atom is -0.331 e. The van der Waals surface area contributed by atoms with Crippen molar-refractivity contribution in [3.8, 4) is 0 Å². The molecule has 1 aliphatic rings. The summed E-state index contributed by atoms with van der Waals surface area (Å²) in [6.07, 6.45) is 2.66. The first kappa shape index (κ1) is 6.48. The second-order valence-electron chi connectivity index (χ2n) is 1.61. The van der Waals surface area contributed by atoms with Gasteiger partial charge in [0.05, 0.1) is 0 Å². The lowest BCUT2D eigenvalue weighted by Gasteiger charge is -2.08. The van der Waals surface area contributed by atoms with Crippen LogP contribution in [-0.4, -0.2) is 16.5 Å². The molecular formula is C5H4BrNO2. The molecule has 48 valence electrons. The number of alkyl halides is 1. The summed E-state index contributed by atoms with van der Waals surface area (Å²) >= 11 is 2.91. The molecule has 0 aromatic rings. The Hall–Kier alpha value is -0.640. The van der Waals surface area contributed by atoms with Crippen LogP contribution in [0.25, 0.3) is 0 Å². The second kappa shape index (κ2) is 2.31. The molecule has 1 atom stereocenters. The number of nitrogens with one attached hydrogen (secondary N) is 1. The Morgan fingerprint density at radius 2 is 2.22 bits per heavy atom. The van der Waals surface area contributed by atoms with E-state index in [1.54, 1.807) is 0 Å². The van der Waals surface area contributed by atoms with E-state index in [9.17, 15) is 9.59 Å². The summed E-state index contributed by atoms with van der Waals surface area (Å²) < 4.78 is 0. The van der Waals surface area contributed by atoms with Gasteiger partial charge in [-0.1, -0.05) is 15.9 Å². The van der Waals surface area contributed by atoms with Gasteiger partial charge in [-0.25, -0.2) is 0 Å². The molecule has 1 N–H and O–H groups in total. The van der Waals surface area contributed by atoms with Gasteiger partial charge in [0.1, 0.15) is 0 Å². The van der Waals surface area contributed by atoms with Crippen LogP contribution < -0.4 is 5.32 Å². The van der Waals surface area contributed by atoms with Crippen LogP contribution in [0.4, 0.5) is 0 Å². The monoisotopic (exact) mass is 189 g/mol. The first-order valence-electron chi connectivity index (χ1n) is 2.36. The van der Waals surface area contributed by atoms with E-state index in [4.69, 9.17) is 0 Å². The van der Waals surface area contributed by atoms with Crippen molar-refractivity contribution in [3.63, 3.8) is 0 Å². The van der Waals surface area contributed by atoms with E-state index in [1.165, 1.54) is 12.3 Å². The van der Waals surface area contributed by atoms with Gasteiger partial charge in [0.2, 0.25) is 5.91 Å². The van der Waals surface area contributed by atoms with Crippen LogP contribution in [0.15, 0.2) is 12.3 Å². The minimum absolute atomic E-state index is 0.209. The van der Waals surface area contributed by atoms with E-state index >= 15 is 0 Å². The van der Waals surface area contributed by atoms with Crippen LogP contribution >= 0.6 is 15.9 Å². The first-order valence-corrected chi connectivity index (χ1v) is 3.28. The highest BCUT2D eigenvalue weighted by Crippen LogP contribution is 2.04. The number of hydrogen-bond donors (Lipinski definition) is 1. The topological polar surface area (TPSA) is 46.2 Å². The molecule has 1 heterocycles.